The van der Waals surface area contributed by atoms with Crippen molar-refractivity contribution in [3.05, 3.63) is 75.3 Å². The molecule has 0 aliphatic carbocycles. The minimum Gasteiger partial charge on any atom is -0.334 e. The fourth-order valence-electron chi connectivity index (χ4n) is 2.90. The standard InChI is InChI=1S/C19H20ClN3O/c1-3-23-18(13(2)21-12-14-7-5-4-6-8-14)22-17-11-15(20)9-10-16(17)19(23)24/h4-11,13,21H,3,12H2,1-2H3/p+1/t13-/m1/s1. The van der Waals surface area contributed by atoms with Crippen LogP contribution in [-0.2, 0) is 13.1 Å². The minimum atomic E-state index is -0.00544. The second-order valence-electron chi connectivity index (χ2n) is 5.89. The first kappa shape index (κ1) is 16.7. The van der Waals surface area contributed by atoms with Gasteiger partial charge in [0, 0.05) is 17.1 Å². The normalized spacial score (nSPS) is 12.5. The van der Waals surface area contributed by atoms with Crippen molar-refractivity contribution in [1.82, 2.24) is 9.55 Å². The number of halogens is 1. The maximum Gasteiger partial charge on any atom is 0.261 e. The van der Waals surface area contributed by atoms with Crippen LogP contribution < -0.4 is 10.9 Å². The predicted molar refractivity (Wildman–Crippen MR) is 97.2 cm³/mol. The molecule has 5 heteroatoms. The molecule has 1 atom stereocenters. The molecule has 1 aromatic heterocycles. The molecule has 0 aliphatic heterocycles. The lowest BCUT2D eigenvalue weighted by atomic mass is 10.2. The third-order valence-corrected chi connectivity index (χ3v) is 4.46. The molecule has 2 N–H and O–H groups in total. The minimum absolute atomic E-state index is 0.00544. The van der Waals surface area contributed by atoms with Gasteiger partial charge in [0.15, 0.2) is 5.82 Å². The number of benzene rings is 2. The van der Waals surface area contributed by atoms with E-state index in [9.17, 15) is 4.79 Å². The Morgan fingerprint density at radius 1 is 1.21 bits per heavy atom. The second kappa shape index (κ2) is 7.16. The third-order valence-electron chi connectivity index (χ3n) is 4.22. The van der Waals surface area contributed by atoms with Gasteiger partial charge in [0.2, 0.25) is 0 Å². The summed E-state index contributed by atoms with van der Waals surface area (Å²) in [7, 11) is 0. The van der Waals surface area contributed by atoms with Crippen LogP contribution in [0.25, 0.3) is 10.9 Å². The average molecular weight is 343 g/mol. The molecule has 0 unspecified atom stereocenters. The van der Waals surface area contributed by atoms with Crippen molar-refractivity contribution in [1.29, 1.82) is 0 Å². The van der Waals surface area contributed by atoms with E-state index in [0.717, 1.165) is 12.4 Å². The zero-order valence-corrected chi connectivity index (χ0v) is 14.6. The van der Waals surface area contributed by atoms with E-state index >= 15 is 0 Å². The fourth-order valence-corrected chi connectivity index (χ4v) is 3.06. The molecule has 24 heavy (non-hydrogen) atoms. The van der Waals surface area contributed by atoms with E-state index in [2.05, 4.69) is 24.4 Å². The Morgan fingerprint density at radius 3 is 2.67 bits per heavy atom. The van der Waals surface area contributed by atoms with Crippen molar-refractivity contribution >= 4 is 22.5 Å². The van der Waals surface area contributed by atoms with Gasteiger partial charge >= 0.3 is 0 Å². The van der Waals surface area contributed by atoms with E-state index in [1.165, 1.54) is 5.56 Å². The Balaban J connectivity index is 1.96. The van der Waals surface area contributed by atoms with Gasteiger partial charge in [0.25, 0.3) is 5.56 Å². The van der Waals surface area contributed by atoms with Gasteiger partial charge in [-0.05, 0) is 32.0 Å². The molecule has 0 fully saturated rings. The molecule has 2 aromatic carbocycles. The van der Waals surface area contributed by atoms with E-state index in [-0.39, 0.29) is 11.6 Å². The molecule has 0 saturated heterocycles. The number of nitrogens with zero attached hydrogens (tertiary/aromatic N) is 2. The molecule has 0 radical (unpaired) electrons. The maximum absolute atomic E-state index is 12.7. The number of rotatable bonds is 5. The van der Waals surface area contributed by atoms with Crippen LogP contribution in [0.15, 0.2) is 53.3 Å². The summed E-state index contributed by atoms with van der Waals surface area (Å²) < 4.78 is 1.75. The number of fused-ring (bicyclic) bond motifs is 1. The number of hydrogen-bond donors (Lipinski definition) is 1. The second-order valence-corrected chi connectivity index (χ2v) is 6.33. The summed E-state index contributed by atoms with van der Waals surface area (Å²) in [6.07, 6.45) is 0. The molecular formula is C19H21ClN3O+. The lowest BCUT2D eigenvalue weighted by molar-refractivity contribution is -0.709. The van der Waals surface area contributed by atoms with Crippen LogP contribution in [0, 0.1) is 0 Å². The smallest absolute Gasteiger partial charge is 0.261 e. The number of nitrogens with two attached hydrogens (primary N) is 1. The molecule has 0 aliphatic rings. The molecule has 0 bridgehead atoms. The number of quaternary nitrogens is 1. The summed E-state index contributed by atoms with van der Waals surface area (Å²) in [5.41, 5.74) is 1.90. The van der Waals surface area contributed by atoms with Gasteiger partial charge < -0.3 is 5.32 Å². The molecule has 0 spiro atoms. The van der Waals surface area contributed by atoms with Crippen LogP contribution >= 0.6 is 11.6 Å². The molecular weight excluding hydrogens is 322 g/mol. The Kier molecular flexibility index (Phi) is 4.97. The molecule has 3 aromatic rings. The monoisotopic (exact) mass is 342 g/mol. The van der Waals surface area contributed by atoms with Crippen molar-refractivity contribution < 1.29 is 5.32 Å². The highest BCUT2D eigenvalue weighted by Gasteiger charge is 2.18. The van der Waals surface area contributed by atoms with E-state index in [0.29, 0.717) is 22.5 Å². The maximum atomic E-state index is 12.7. The van der Waals surface area contributed by atoms with Gasteiger partial charge in [-0.1, -0.05) is 41.9 Å². The van der Waals surface area contributed by atoms with Gasteiger partial charge in [0.05, 0.1) is 10.9 Å². The van der Waals surface area contributed by atoms with Gasteiger partial charge in [0.1, 0.15) is 12.6 Å². The van der Waals surface area contributed by atoms with Crippen LogP contribution in [0.3, 0.4) is 0 Å². The van der Waals surface area contributed by atoms with Gasteiger partial charge in [-0.15, -0.1) is 0 Å². The molecule has 4 nitrogen and oxygen atoms in total. The van der Waals surface area contributed by atoms with Crippen LogP contribution in [0.5, 0.6) is 0 Å². The third kappa shape index (κ3) is 3.35. The van der Waals surface area contributed by atoms with Crippen LogP contribution in [0.2, 0.25) is 5.02 Å². The zero-order chi connectivity index (χ0) is 17.1. The summed E-state index contributed by atoms with van der Waals surface area (Å²) in [5.74, 6) is 0.785. The van der Waals surface area contributed by atoms with Gasteiger partial charge in [-0.3, -0.25) is 9.36 Å². The SMILES string of the molecule is CCn1c([C@@H](C)[NH2+]Cc2ccccc2)nc2cc(Cl)ccc2c1=O. The highest BCUT2D eigenvalue weighted by atomic mass is 35.5. The van der Waals surface area contributed by atoms with E-state index in [4.69, 9.17) is 16.6 Å². The Hall–Kier alpha value is -2.17. The first-order chi connectivity index (χ1) is 11.6. The number of aromatic nitrogens is 2. The van der Waals surface area contributed by atoms with Crippen molar-refractivity contribution in [2.45, 2.75) is 33.0 Å². The van der Waals surface area contributed by atoms with Crippen molar-refractivity contribution in [2.75, 3.05) is 0 Å². The van der Waals surface area contributed by atoms with Crippen molar-refractivity contribution in [3.8, 4) is 0 Å². The summed E-state index contributed by atoms with van der Waals surface area (Å²) in [4.78, 5) is 17.5. The predicted octanol–water partition coefficient (Wildman–Crippen LogP) is 2.89. The molecule has 0 amide bonds. The highest BCUT2D eigenvalue weighted by molar-refractivity contribution is 6.31. The van der Waals surface area contributed by atoms with Crippen molar-refractivity contribution in [3.63, 3.8) is 0 Å². The van der Waals surface area contributed by atoms with Crippen LogP contribution in [0.4, 0.5) is 0 Å². The average Bonchev–Trinajstić information content (AvgIpc) is 2.60. The van der Waals surface area contributed by atoms with E-state index in [1.54, 1.807) is 22.8 Å². The van der Waals surface area contributed by atoms with Gasteiger partial charge in [-0.25, -0.2) is 4.98 Å². The number of hydrogen-bond acceptors (Lipinski definition) is 2. The lowest BCUT2D eigenvalue weighted by Crippen LogP contribution is -2.83. The molecule has 1 heterocycles. The highest BCUT2D eigenvalue weighted by Crippen LogP contribution is 2.17. The first-order valence-electron chi connectivity index (χ1n) is 8.17. The first-order valence-corrected chi connectivity index (χ1v) is 8.55. The van der Waals surface area contributed by atoms with Gasteiger partial charge in [-0.2, -0.15) is 0 Å². The van der Waals surface area contributed by atoms with E-state index < -0.39 is 0 Å². The summed E-state index contributed by atoms with van der Waals surface area (Å²) in [5, 5.41) is 3.40. The van der Waals surface area contributed by atoms with Crippen molar-refractivity contribution in [2.24, 2.45) is 0 Å². The molecule has 124 valence electrons. The lowest BCUT2D eigenvalue weighted by Gasteiger charge is -2.16. The van der Waals surface area contributed by atoms with Crippen LogP contribution in [-0.4, -0.2) is 9.55 Å². The zero-order valence-electron chi connectivity index (χ0n) is 13.9. The largest absolute Gasteiger partial charge is 0.334 e. The van der Waals surface area contributed by atoms with E-state index in [1.807, 2.05) is 25.1 Å². The topological polar surface area (TPSA) is 51.5 Å². The molecule has 3 rings (SSSR count). The Morgan fingerprint density at radius 2 is 1.96 bits per heavy atom. The Labute approximate surface area is 146 Å². The summed E-state index contributed by atoms with van der Waals surface area (Å²) >= 11 is 6.06. The summed E-state index contributed by atoms with van der Waals surface area (Å²) in [6, 6.07) is 15.6. The fraction of sp³-hybridized carbons (Fsp3) is 0.263. The summed E-state index contributed by atoms with van der Waals surface area (Å²) in [6.45, 7) is 5.49. The Bertz CT molecular complexity index is 906. The van der Waals surface area contributed by atoms with Crippen LogP contribution in [0.1, 0.15) is 31.3 Å². The quantitative estimate of drug-likeness (QED) is 0.775. The molecule has 0 saturated carbocycles.